The van der Waals surface area contributed by atoms with Gasteiger partial charge in [-0.3, -0.25) is 9.36 Å². The van der Waals surface area contributed by atoms with Gasteiger partial charge in [-0.15, -0.1) is 17.9 Å². The number of thiophene rings is 1. The number of thioether (sulfide) groups is 1. The van der Waals surface area contributed by atoms with Crippen molar-refractivity contribution in [2.75, 3.05) is 12.4 Å². The molecule has 0 bridgehead atoms. The van der Waals surface area contributed by atoms with E-state index in [9.17, 15) is 14.4 Å². The fraction of sp³-hybridized carbons (Fsp3) is 0.185. The van der Waals surface area contributed by atoms with Crippen molar-refractivity contribution in [2.45, 2.75) is 24.7 Å². The van der Waals surface area contributed by atoms with Crippen LogP contribution in [0.25, 0.3) is 20.7 Å². The van der Waals surface area contributed by atoms with E-state index in [1.54, 1.807) is 29.7 Å². The number of rotatable bonds is 9. The number of fused-ring (bicyclic) bond motifs is 1. The molecule has 4 heterocycles. The third-order valence-electron chi connectivity index (χ3n) is 5.81. The van der Waals surface area contributed by atoms with Gasteiger partial charge in [0.1, 0.15) is 16.6 Å². The first-order valence-corrected chi connectivity index (χ1v) is 13.6. The minimum atomic E-state index is -0.815. The third-order valence-corrected chi connectivity index (χ3v) is 7.89. The van der Waals surface area contributed by atoms with Gasteiger partial charge < -0.3 is 19.8 Å². The fourth-order valence-corrected chi connectivity index (χ4v) is 6.18. The lowest BCUT2D eigenvalue weighted by Crippen LogP contribution is -2.46. The first-order valence-electron chi connectivity index (χ1n) is 11.8. The molecule has 5 rings (SSSR count). The summed E-state index contributed by atoms with van der Waals surface area (Å²) in [6.45, 7) is 5.92. The maximum atomic E-state index is 13.4. The van der Waals surface area contributed by atoms with Crippen molar-refractivity contribution in [3.63, 3.8) is 0 Å². The largest absolute Gasteiger partial charge is 0.467 e. The molecule has 0 unspecified atom stereocenters. The summed E-state index contributed by atoms with van der Waals surface area (Å²) in [5.41, 5.74) is 1.41. The fourth-order valence-electron chi connectivity index (χ4n) is 4.13. The summed E-state index contributed by atoms with van der Waals surface area (Å²) < 4.78 is 12.3. The van der Waals surface area contributed by atoms with Gasteiger partial charge in [0.05, 0.1) is 23.8 Å². The van der Waals surface area contributed by atoms with Crippen molar-refractivity contribution < 1.29 is 18.7 Å². The van der Waals surface area contributed by atoms with Crippen molar-refractivity contribution in [1.29, 1.82) is 0 Å². The number of carbonyl (C=O) groups excluding carboxylic acids is 2. The van der Waals surface area contributed by atoms with Crippen LogP contribution in [0.3, 0.4) is 0 Å². The van der Waals surface area contributed by atoms with Crippen molar-refractivity contribution in [1.82, 2.24) is 20.2 Å². The maximum absolute atomic E-state index is 13.4. The number of aromatic nitrogens is 2. The van der Waals surface area contributed by atoms with E-state index in [0.717, 1.165) is 10.4 Å². The number of amides is 2. The molecule has 4 aromatic rings. The number of esters is 1. The molecule has 1 aliphatic heterocycles. The Morgan fingerprint density at radius 2 is 2.08 bits per heavy atom. The number of furan rings is 1. The minimum absolute atomic E-state index is 0.158. The molecular formula is C27H24N4O5S2. The summed E-state index contributed by atoms with van der Waals surface area (Å²) in [5, 5.41) is 6.43. The lowest BCUT2D eigenvalue weighted by molar-refractivity contribution is -0.139. The lowest BCUT2D eigenvalue weighted by atomic mass is 10.0. The molecule has 1 atom stereocenters. The number of nitrogens with zero attached hydrogens (tertiary/aromatic N) is 2. The van der Waals surface area contributed by atoms with E-state index in [4.69, 9.17) is 14.1 Å². The van der Waals surface area contributed by atoms with Crippen LogP contribution in [0.15, 0.2) is 93.1 Å². The quantitative estimate of drug-likeness (QED) is 0.133. The highest BCUT2D eigenvalue weighted by atomic mass is 32.2. The number of hydrogen-bond donors (Lipinski definition) is 2. The Morgan fingerprint density at radius 1 is 1.26 bits per heavy atom. The zero-order valence-electron chi connectivity index (χ0n) is 20.4. The van der Waals surface area contributed by atoms with Crippen LogP contribution in [0.1, 0.15) is 18.7 Å². The Labute approximate surface area is 226 Å². The van der Waals surface area contributed by atoms with Crippen LogP contribution >= 0.6 is 23.1 Å². The van der Waals surface area contributed by atoms with Crippen LogP contribution in [0.5, 0.6) is 0 Å². The topological polar surface area (TPSA) is 115 Å². The van der Waals surface area contributed by atoms with Crippen molar-refractivity contribution in [3.8, 4) is 10.4 Å². The van der Waals surface area contributed by atoms with Gasteiger partial charge in [-0.25, -0.2) is 14.6 Å². The summed E-state index contributed by atoms with van der Waals surface area (Å²) in [5.74, 6) is -0.0136. The smallest absolute Gasteiger partial charge is 0.338 e. The standard InChI is InChI=1S/C27H24N4O5S2/c1-3-12-31-24(32)17-14-20(16-9-6-5-7-10-16)38-23(17)30-27(31)37-15-18-21(25(33)35-4-2)22(29-26(34)28-18)19-11-8-13-36-19/h3,5-11,13-14,22H,1,4,12,15H2,2H3,(H2,28,29,34)/t22-/m0/s1. The summed E-state index contributed by atoms with van der Waals surface area (Å²) >= 11 is 2.68. The zero-order chi connectivity index (χ0) is 26.6. The van der Waals surface area contributed by atoms with Crippen LogP contribution in [0.2, 0.25) is 0 Å². The monoisotopic (exact) mass is 548 g/mol. The molecule has 0 saturated heterocycles. The van der Waals surface area contributed by atoms with Crippen LogP contribution in [-0.4, -0.2) is 33.9 Å². The molecule has 0 saturated carbocycles. The lowest BCUT2D eigenvalue weighted by Gasteiger charge is -2.27. The molecule has 0 fully saturated rings. The Balaban J connectivity index is 1.54. The highest BCUT2D eigenvalue weighted by Crippen LogP contribution is 2.34. The molecule has 0 spiro atoms. The Morgan fingerprint density at radius 3 is 2.79 bits per heavy atom. The summed E-state index contributed by atoms with van der Waals surface area (Å²) in [6, 6.07) is 13.7. The van der Waals surface area contributed by atoms with E-state index in [1.807, 2.05) is 36.4 Å². The van der Waals surface area contributed by atoms with E-state index < -0.39 is 18.0 Å². The van der Waals surface area contributed by atoms with Crippen molar-refractivity contribution >= 4 is 45.3 Å². The number of carbonyl (C=O) groups is 2. The van der Waals surface area contributed by atoms with Gasteiger partial charge in [-0.1, -0.05) is 48.2 Å². The second-order valence-electron chi connectivity index (χ2n) is 8.24. The first-order chi connectivity index (χ1) is 18.5. The SMILES string of the molecule is C=CCn1c(SCC2=C(C(=O)OCC)[C@H](c3ccco3)NC(=O)N2)nc2sc(-c3ccccc3)cc2c1=O. The summed E-state index contributed by atoms with van der Waals surface area (Å²) in [4.78, 5) is 45.3. The van der Waals surface area contributed by atoms with Gasteiger partial charge in [0.15, 0.2) is 5.16 Å². The van der Waals surface area contributed by atoms with E-state index >= 15 is 0 Å². The van der Waals surface area contributed by atoms with Gasteiger partial charge in [0.25, 0.3) is 5.56 Å². The second-order valence-corrected chi connectivity index (χ2v) is 10.2. The predicted molar refractivity (Wildman–Crippen MR) is 147 cm³/mol. The van der Waals surface area contributed by atoms with Crippen molar-refractivity contribution in [2.24, 2.45) is 0 Å². The molecule has 0 aliphatic carbocycles. The van der Waals surface area contributed by atoms with Crippen LogP contribution in [0, 0.1) is 0 Å². The minimum Gasteiger partial charge on any atom is -0.467 e. The number of allylic oxidation sites excluding steroid dienone is 1. The molecule has 2 amide bonds. The molecule has 1 aliphatic rings. The average molecular weight is 549 g/mol. The Kier molecular flexibility index (Phi) is 7.47. The molecule has 2 N–H and O–H groups in total. The highest BCUT2D eigenvalue weighted by Gasteiger charge is 2.35. The Hall–Kier alpha value is -4.09. The van der Waals surface area contributed by atoms with Crippen LogP contribution in [0.4, 0.5) is 4.79 Å². The number of hydrogen-bond acceptors (Lipinski definition) is 8. The molecule has 11 heteroatoms. The van der Waals surface area contributed by atoms with Crippen LogP contribution < -0.4 is 16.2 Å². The van der Waals surface area contributed by atoms with Gasteiger partial charge in [0, 0.05) is 22.9 Å². The van der Waals surface area contributed by atoms with E-state index in [1.165, 1.54) is 29.4 Å². The van der Waals surface area contributed by atoms with E-state index in [0.29, 0.717) is 26.8 Å². The van der Waals surface area contributed by atoms with E-state index in [2.05, 4.69) is 17.2 Å². The van der Waals surface area contributed by atoms with Gasteiger partial charge >= 0.3 is 12.0 Å². The number of ether oxygens (including phenoxy) is 1. The number of urea groups is 1. The average Bonchev–Trinajstić information content (AvgIpc) is 3.60. The normalized spacial score (nSPS) is 15.3. The maximum Gasteiger partial charge on any atom is 0.338 e. The molecule has 3 aromatic heterocycles. The van der Waals surface area contributed by atoms with Gasteiger partial charge in [-0.2, -0.15) is 0 Å². The zero-order valence-corrected chi connectivity index (χ0v) is 22.1. The molecule has 1 aromatic carbocycles. The highest BCUT2D eigenvalue weighted by molar-refractivity contribution is 7.99. The van der Waals surface area contributed by atoms with Crippen LogP contribution in [-0.2, 0) is 16.1 Å². The number of nitrogens with one attached hydrogen (secondary N) is 2. The predicted octanol–water partition coefficient (Wildman–Crippen LogP) is 4.87. The van der Waals surface area contributed by atoms with Gasteiger partial charge in [-0.05, 0) is 30.7 Å². The van der Waals surface area contributed by atoms with Gasteiger partial charge in [0.2, 0.25) is 0 Å². The molecule has 0 radical (unpaired) electrons. The Bertz CT molecular complexity index is 1590. The molecule has 9 nitrogen and oxygen atoms in total. The first kappa shape index (κ1) is 25.6. The number of benzene rings is 1. The second kappa shape index (κ2) is 11.1. The molecule has 38 heavy (non-hydrogen) atoms. The van der Waals surface area contributed by atoms with Crippen molar-refractivity contribution in [3.05, 3.63) is 94.8 Å². The summed E-state index contributed by atoms with van der Waals surface area (Å²) in [6.07, 6.45) is 3.10. The molecule has 194 valence electrons. The third kappa shape index (κ3) is 5.02. The van der Waals surface area contributed by atoms with E-state index in [-0.39, 0.29) is 30.0 Å². The summed E-state index contributed by atoms with van der Waals surface area (Å²) in [7, 11) is 0. The molecular weight excluding hydrogens is 524 g/mol.